The van der Waals surface area contributed by atoms with Gasteiger partial charge in [-0.05, 0) is 61.9 Å². The monoisotopic (exact) mass is 241 g/mol. The Hall–Kier alpha value is -0.180. The van der Waals surface area contributed by atoms with Crippen LogP contribution in [0.15, 0.2) is 23.1 Å². The third-order valence-corrected chi connectivity index (χ3v) is 3.99. The zero-order chi connectivity index (χ0) is 10.7. The van der Waals surface area contributed by atoms with Crippen LogP contribution in [0, 0.1) is 5.92 Å². The van der Waals surface area contributed by atoms with Crippen LogP contribution in [-0.4, -0.2) is 19.3 Å². The van der Waals surface area contributed by atoms with Crippen LogP contribution in [0.1, 0.15) is 12.0 Å². The van der Waals surface area contributed by atoms with Gasteiger partial charge in [-0.2, -0.15) is 0 Å². The predicted molar refractivity (Wildman–Crippen MR) is 67.9 cm³/mol. The highest BCUT2D eigenvalue weighted by atomic mass is 35.5. The van der Waals surface area contributed by atoms with Gasteiger partial charge < -0.3 is 5.32 Å². The number of nitrogens with one attached hydrogen (secondary N) is 1. The van der Waals surface area contributed by atoms with E-state index >= 15 is 0 Å². The highest BCUT2D eigenvalue weighted by molar-refractivity contribution is 7.98. The molecule has 1 unspecified atom stereocenters. The Kier molecular flexibility index (Phi) is 3.95. The number of halogens is 1. The molecule has 0 spiro atoms. The molecule has 1 N–H and O–H groups in total. The molecule has 15 heavy (non-hydrogen) atoms. The minimum atomic E-state index is 0.786. The van der Waals surface area contributed by atoms with Crippen molar-refractivity contribution in [1.82, 2.24) is 5.32 Å². The maximum absolute atomic E-state index is 6.03. The molecular weight excluding hydrogens is 226 g/mol. The van der Waals surface area contributed by atoms with Crippen LogP contribution in [0.2, 0.25) is 5.02 Å². The molecule has 1 aromatic rings. The van der Waals surface area contributed by atoms with Crippen LogP contribution in [0.3, 0.4) is 0 Å². The lowest BCUT2D eigenvalue weighted by molar-refractivity contribution is 0.575. The fourth-order valence-corrected chi connectivity index (χ4v) is 2.91. The summed E-state index contributed by atoms with van der Waals surface area (Å²) < 4.78 is 0. The van der Waals surface area contributed by atoms with Gasteiger partial charge in [0.05, 0.1) is 0 Å². The Labute approximate surface area is 101 Å². The Morgan fingerprint density at radius 1 is 1.53 bits per heavy atom. The average molecular weight is 242 g/mol. The van der Waals surface area contributed by atoms with Crippen LogP contribution in [0.5, 0.6) is 0 Å². The summed E-state index contributed by atoms with van der Waals surface area (Å²) in [6.45, 7) is 2.32. The van der Waals surface area contributed by atoms with E-state index in [0.717, 1.165) is 23.9 Å². The molecule has 2 rings (SSSR count). The summed E-state index contributed by atoms with van der Waals surface area (Å²) in [5, 5.41) is 4.26. The second-order valence-corrected chi connectivity index (χ2v) is 5.30. The summed E-state index contributed by atoms with van der Waals surface area (Å²) in [7, 11) is 0. The van der Waals surface area contributed by atoms with E-state index in [1.54, 1.807) is 0 Å². The molecule has 0 aliphatic carbocycles. The first-order valence-corrected chi connectivity index (χ1v) is 6.93. The molecule has 3 heteroatoms. The third kappa shape index (κ3) is 2.90. The highest BCUT2D eigenvalue weighted by Crippen LogP contribution is 2.27. The van der Waals surface area contributed by atoms with E-state index in [9.17, 15) is 0 Å². The molecule has 1 fully saturated rings. The topological polar surface area (TPSA) is 12.0 Å². The summed E-state index contributed by atoms with van der Waals surface area (Å²) in [4.78, 5) is 1.37. The fourth-order valence-electron chi connectivity index (χ4n) is 2.11. The molecule has 0 bridgehead atoms. The van der Waals surface area contributed by atoms with Crippen molar-refractivity contribution in [2.24, 2.45) is 5.92 Å². The lowest BCUT2D eigenvalue weighted by Gasteiger charge is -2.12. The highest BCUT2D eigenvalue weighted by Gasteiger charge is 2.16. The molecule has 1 aromatic carbocycles. The van der Waals surface area contributed by atoms with E-state index in [1.165, 1.54) is 23.4 Å². The first-order valence-electron chi connectivity index (χ1n) is 5.32. The molecule has 0 radical (unpaired) electrons. The van der Waals surface area contributed by atoms with Crippen LogP contribution in [0.25, 0.3) is 0 Å². The van der Waals surface area contributed by atoms with Crippen molar-refractivity contribution < 1.29 is 0 Å². The van der Waals surface area contributed by atoms with E-state index in [2.05, 4.69) is 23.7 Å². The zero-order valence-corrected chi connectivity index (χ0v) is 10.5. The van der Waals surface area contributed by atoms with Crippen LogP contribution in [0.4, 0.5) is 0 Å². The Morgan fingerprint density at radius 3 is 3.07 bits per heavy atom. The molecule has 1 aliphatic rings. The second-order valence-electron chi connectivity index (χ2n) is 4.02. The van der Waals surface area contributed by atoms with Crippen LogP contribution in [-0.2, 0) is 6.42 Å². The minimum absolute atomic E-state index is 0.786. The van der Waals surface area contributed by atoms with Crippen molar-refractivity contribution in [1.29, 1.82) is 0 Å². The van der Waals surface area contributed by atoms with Crippen LogP contribution < -0.4 is 5.32 Å². The molecule has 1 saturated heterocycles. The Morgan fingerprint density at radius 2 is 2.40 bits per heavy atom. The van der Waals surface area contributed by atoms with Gasteiger partial charge in [0.1, 0.15) is 0 Å². The van der Waals surface area contributed by atoms with E-state index < -0.39 is 0 Å². The van der Waals surface area contributed by atoms with Gasteiger partial charge in [0.2, 0.25) is 0 Å². The number of thioether (sulfide) groups is 1. The molecule has 0 amide bonds. The molecule has 0 saturated carbocycles. The van der Waals surface area contributed by atoms with Gasteiger partial charge in [0.25, 0.3) is 0 Å². The Bertz CT molecular complexity index is 334. The van der Waals surface area contributed by atoms with Gasteiger partial charge in [-0.3, -0.25) is 0 Å². The van der Waals surface area contributed by atoms with E-state index in [0.29, 0.717) is 0 Å². The smallest absolute Gasteiger partial charge is 0.0409 e. The number of hydrogen-bond donors (Lipinski definition) is 1. The zero-order valence-electron chi connectivity index (χ0n) is 8.92. The maximum atomic E-state index is 6.03. The maximum Gasteiger partial charge on any atom is 0.0409 e. The third-order valence-electron chi connectivity index (χ3n) is 2.91. The van der Waals surface area contributed by atoms with Gasteiger partial charge in [-0.15, -0.1) is 11.8 Å². The first-order chi connectivity index (χ1) is 7.29. The number of rotatable bonds is 3. The SMILES string of the molecule is CSc1ccc(Cl)cc1CC1CCNC1. The molecule has 82 valence electrons. The lowest BCUT2D eigenvalue weighted by Crippen LogP contribution is -2.11. The Balaban J connectivity index is 2.14. The number of benzene rings is 1. The summed E-state index contributed by atoms with van der Waals surface area (Å²) in [6, 6.07) is 6.22. The quantitative estimate of drug-likeness (QED) is 0.816. The van der Waals surface area contributed by atoms with Gasteiger partial charge in [0, 0.05) is 9.92 Å². The van der Waals surface area contributed by atoms with Gasteiger partial charge >= 0.3 is 0 Å². The van der Waals surface area contributed by atoms with Crippen molar-refractivity contribution in [3.8, 4) is 0 Å². The van der Waals surface area contributed by atoms with E-state index in [4.69, 9.17) is 11.6 Å². The van der Waals surface area contributed by atoms with Crippen LogP contribution >= 0.6 is 23.4 Å². The van der Waals surface area contributed by atoms with Crippen molar-refractivity contribution in [2.45, 2.75) is 17.7 Å². The summed E-state index contributed by atoms with van der Waals surface area (Å²) in [5.41, 5.74) is 1.41. The largest absolute Gasteiger partial charge is 0.316 e. The molecule has 1 nitrogen and oxygen atoms in total. The first kappa shape index (κ1) is 11.3. The van der Waals surface area contributed by atoms with E-state index in [-0.39, 0.29) is 0 Å². The van der Waals surface area contributed by atoms with Crippen molar-refractivity contribution in [2.75, 3.05) is 19.3 Å². The average Bonchev–Trinajstić information content (AvgIpc) is 2.71. The van der Waals surface area contributed by atoms with Gasteiger partial charge in [0.15, 0.2) is 0 Å². The molecule has 1 atom stereocenters. The lowest BCUT2D eigenvalue weighted by atomic mass is 9.99. The summed E-state index contributed by atoms with van der Waals surface area (Å²) >= 11 is 7.84. The minimum Gasteiger partial charge on any atom is -0.316 e. The van der Waals surface area contributed by atoms with Gasteiger partial charge in [-0.25, -0.2) is 0 Å². The van der Waals surface area contributed by atoms with E-state index in [1.807, 2.05) is 17.8 Å². The second kappa shape index (κ2) is 5.24. The molecule has 1 heterocycles. The van der Waals surface area contributed by atoms with Gasteiger partial charge in [-0.1, -0.05) is 11.6 Å². The van der Waals surface area contributed by atoms with Crippen molar-refractivity contribution >= 4 is 23.4 Å². The van der Waals surface area contributed by atoms with Crippen molar-refractivity contribution in [3.05, 3.63) is 28.8 Å². The molecule has 1 aliphatic heterocycles. The summed E-state index contributed by atoms with van der Waals surface area (Å²) in [5.74, 6) is 0.786. The van der Waals surface area contributed by atoms with Crippen molar-refractivity contribution in [3.63, 3.8) is 0 Å². The summed E-state index contributed by atoms with van der Waals surface area (Å²) in [6.07, 6.45) is 4.57. The standard InChI is InChI=1S/C12H16ClNS/c1-15-12-3-2-11(13)7-10(12)6-9-4-5-14-8-9/h2-3,7,9,14H,4-6,8H2,1H3. The molecular formula is C12H16ClNS. The molecule has 0 aromatic heterocycles. The predicted octanol–water partition coefficient (Wildman–Crippen LogP) is 3.21. The normalized spacial score (nSPS) is 20.8. The number of hydrogen-bond acceptors (Lipinski definition) is 2. The fraction of sp³-hybridized carbons (Fsp3) is 0.500.